The molecule has 0 aromatic heterocycles. The summed E-state index contributed by atoms with van der Waals surface area (Å²) in [5.41, 5.74) is 3.47. The fourth-order valence-electron chi connectivity index (χ4n) is 11.4. The van der Waals surface area contributed by atoms with Gasteiger partial charge in [0.2, 0.25) is 5.91 Å². The van der Waals surface area contributed by atoms with E-state index in [2.05, 4.69) is 45.9 Å². The Hall–Kier alpha value is -4.14. The first-order valence-electron chi connectivity index (χ1n) is 21.6. The smallest absolute Gasteiger partial charge is 0.227 e. The molecule has 1 amide bonds. The molecule has 3 aromatic rings. The fourth-order valence-corrected chi connectivity index (χ4v) is 11.4. The summed E-state index contributed by atoms with van der Waals surface area (Å²) in [5, 5.41) is 24.4. The molecule has 9 rings (SSSR count). The standard InChI is InChI=1S/C50H65NO7/c1-32-9-8-23-49(4)42(40-20-11-33(25-38(52)17-10-32)26-41(40)47(54)35-14-18-39(56-5)19-15-35)22-24-50(49,55)31-51(30-36-13-16-37-29-43(36)48(37,2)3)46(53)28-34-12-21-44(57-6)45(27-34)58-7/h9,11-12,14-15,18-21,26-27,36-38,42-43,52,55H,8,10,13,16-17,22-25,28-31H2,1-7H3. The number of benzene rings is 3. The Morgan fingerprint density at radius 1 is 0.862 bits per heavy atom. The van der Waals surface area contributed by atoms with Crippen LogP contribution in [0, 0.1) is 28.6 Å². The Morgan fingerprint density at radius 3 is 2.31 bits per heavy atom. The van der Waals surface area contributed by atoms with E-state index in [1.165, 1.54) is 18.4 Å². The second-order valence-electron chi connectivity index (χ2n) is 18.8. The van der Waals surface area contributed by atoms with Gasteiger partial charge in [0, 0.05) is 29.6 Å². The maximum absolute atomic E-state index is 14.8. The average molecular weight is 792 g/mol. The van der Waals surface area contributed by atoms with Gasteiger partial charge in [0.15, 0.2) is 17.3 Å². The molecule has 6 aliphatic rings. The number of amides is 1. The second kappa shape index (κ2) is 16.8. The summed E-state index contributed by atoms with van der Waals surface area (Å²) in [6, 6.07) is 19.0. The molecule has 7 unspecified atom stereocenters. The van der Waals surface area contributed by atoms with Gasteiger partial charge >= 0.3 is 0 Å². The van der Waals surface area contributed by atoms with Gasteiger partial charge in [-0.15, -0.1) is 0 Å². The molecule has 58 heavy (non-hydrogen) atoms. The number of aliphatic hydroxyl groups is 2. The van der Waals surface area contributed by atoms with Crippen LogP contribution in [0.1, 0.15) is 124 Å². The summed E-state index contributed by atoms with van der Waals surface area (Å²) in [5.74, 6) is 3.32. The number of hydrogen-bond acceptors (Lipinski definition) is 7. The lowest BCUT2D eigenvalue weighted by Crippen LogP contribution is -2.58. The maximum Gasteiger partial charge on any atom is 0.227 e. The third-order valence-electron chi connectivity index (χ3n) is 15.3. The number of nitrogens with zero attached hydrogens (tertiary/aromatic N) is 1. The highest BCUT2D eigenvalue weighted by Crippen LogP contribution is 2.62. The van der Waals surface area contributed by atoms with Gasteiger partial charge in [-0.05, 0) is 159 Å². The van der Waals surface area contributed by atoms with Crippen LogP contribution in [-0.4, -0.2) is 72.9 Å². The molecule has 0 saturated heterocycles. The van der Waals surface area contributed by atoms with E-state index in [4.69, 9.17) is 14.2 Å². The van der Waals surface area contributed by atoms with E-state index in [1.54, 1.807) is 33.5 Å². The maximum atomic E-state index is 14.8. The van der Waals surface area contributed by atoms with Crippen molar-refractivity contribution in [1.82, 2.24) is 4.90 Å². The molecular weight excluding hydrogens is 727 g/mol. The number of hydrogen-bond donors (Lipinski definition) is 2. The Morgan fingerprint density at radius 2 is 1.62 bits per heavy atom. The molecule has 6 aliphatic carbocycles. The molecule has 4 bridgehead atoms. The number of aliphatic hydroxyl groups excluding tert-OH is 1. The van der Waals surface area contributed by atoms with Crippen LogP contribution in [0.15, 0.2) is 72.3 Å². The van der Waals surface area contributed by atoms with Crippen LogP contribution in [-0.2, 0) is 17.6 Å². The van der Waals surface area contributed by atoms with Gasteiger partial charge in [0.25, 0.3) is 0 Å². The molecular formula is C50H65NO7. The second-order valence-corrected chi connectivity index (χ2v) is 18.8. The van der Waals surface area contributed by atoms with E-state index in [1.807, 2.05) is 41.3 Å². The van der Waals surface area contributed by atoms with Crippen molar-refractivity contribution < 1.29 is 34.0 Å². The van der Waals surface area contributed by atoms with Crippen molar-refractivity contribution in [2.24, 2.45) is 28.6 Å². The predicted molar refractivity (Wildman–Crippen MR) is 228 cm³/mol. The molecule has 3 aromatic carbocycles. The minimum atomic E-state index is -1.22. The van der Waals surface area contributed by atoms with Crippen molar-refractivity contribution in [2.45, 2.75) is 116 Å². The lowest BCUT2D eigenvalue weighted by Gasteiger charge is -2.61. The zero-order chi connectivity index (χ0) is 41.4. The number of fused-ring (bicyclic) bond motifs is 10. The SMILES string of the molecule is COc1ccc(C(=O)c2cc3ccc2C2CCC(O)(CN(CC4CCC5CC4C5(C)C)C(=O)Cc4ccc(OC)c(OC)c4)C2(C)CCC=C(C)CCC(O)C3)cc1. The van der Waals surface area contributed by atoms with Crippen molar-refractivity contribution in [1.29, 1.82) is 0 Å². The summed E-state index contributed by atoms with van der Waals surface area (Å²) in [4.78, 5) is 31.3. The summed E-state index contributed by atoms with van der Waals surface area (Å²) in [6.07, 6.45) is 9.91. The van der Waals surface area contributed by atoms with E-state index < -0.39 is 17.1 Å². The van der Waals surface area contributed by atoms with Gasteiger partial charge in [-0.1, -0.05) is 50.6 Å². The molecule has 8 nitrogen and oxygen atoms in total. The normalized spacial score (nSPS) is 29.0. The van der Waals surface area contributed by atoms with Gasteiger partial charge < -0.3 is 29.3 Å². The van der Waals surface area contributed by atoms with E-state index in [0.29, 0.717) is 78.9 Å². The Kier molecular flexibility index (Phi) is 12.2. The van der Waals surface area contributed by atoms with Crippen molar-refractivity contribution in [3.63, 3.8) is 0 Å². The van der Waals surface area contributed by atoms with Crippen LogP contribution in [0.5, 0.6) is 17.2 Å². The van der Waals surface area contributed by atoms with Crippen LogP contribution in [0.2, 0.25) is 0 Å². The Bertz CT molecular complexity index is 2000. The van der Waals surface area contributed by atoms with Crippen LogP contribution in [0.3, 0.4) is 0 Å². The number of carbonyl (C=O) groups excluding carboxylic acids is 2. The van der Waals surface area contributed by atoms with Crippen LogP contribution < -0.4 is 14.2 Å². The Labute approximate surface area is 346 Å². The van der Waals surface area contributed by atoms with E-state index in [-0.39, 0.29) is 36.0 Å². The fraction of sp³-hybridized carbons (Fsp3) is 0.560. The minimum Gasteiger partial charge on any atom is -0.497 e. The van der Waals surface area contributed by atoms with Gasteiger partial charge in [-0.25, -0.2) is 0 Å². The van der Waals surface area contributed by atoms with Gasteiger partial charge in [0.05, 0.1) is 39.5 Å². The van der Waals surface area contributed by atoms with E-state index in [9.17, 15) is 19.8 Å². The number of ketones is 1. The van der Waals surface area contributed by atoms with Crippen LogP contribution in [0.25, 0.3) is 0 Å². The molecule has 0 radical (unpaired) electrons. The molecule has 4 fully saturated rings. The number of allylic oxidation sites excluding steroid dienone is 2. The van der Waals surface area contributed by atoms with Crippen molar-refractivity contribution in [3.8, 4) is 17.2 Å². The zero-order valence-electron chi connectivity index (χ0n) is 35.8. The highest BCUT2D eigenvalue weighted by atomic mass is 16.5. The monoisotopic (exact) mass is 791 g/mol. The van der Waals surface area contributed by atoms with E-state index in [0.717, 1.165) is 41.9 Å². The Balaban J connectivity index is 1.27. The molecule has 2 N–H and O–H groups in total. The first-order chi connectivity index (χ1) is 27.7. The molecule has 0 spiro atoms. The van der Waals surface area contributed by atoms with Crippen LogP contribution in [0.4, 0.5) is 0 Å². The first kappa shape index (κ1) is 42.0. The highest BCUT2D eigenvalue weighted by Gasteiger charge is 2.59. The highest BCUT2D eigenvalue weighted by molar-refractivity contribution is 6.10. The molecule has 0 aliphatic heterocycles. The number of rotatable bonds is 11. The van der Waals surface area contributed by atoms with Gasteiger partial charge in [-0.3, -0.25) is 9.59 Å². The van der Waals surface area contributed by atoms with Gasteiger partial charge in [-0.2, -0.15) is 0 Å². The lowest BCUT2D eigenvalue weighted by molar-refractivity contribution is -0.149. The zero-order valence-corrected chi connectivity index (χ0v) is 35.8. The third-order valence-corrected chi connectivity index (χ3v) is 15.3. The quantitative estimate of drug-likeness (QED) is 0.148. The minimum absolute atomic E-state index is 0.00172. The van der Waals surface area contributed by atoms with E-state index >= 15 is 0 Å². The third kappa shape index (κ3) is 8.08. The molecule has 7 atom stereocenters. The molecule has 0 heterocycles. The topological polar surface area (TPSA) is 106 Å². The largest absolute Gasteiger partial charge is 0.497 e. The van der Waals surface area contributed by atoms with Crippen molar-refractivity contribution in [3.05, 3.63) is 100 Å². The average Bonchev–Trinajstić information content (AvgIpc) is 3.47. The first-order valence-corrected chi connectivity index (χ1v) is 21.6. The molecule has 4 saturated carbocycles. The summed E-state index contributed by atoms with van der Waals surface area (Å²) in [6.45, 7) is 9.97. The summed E-state index contributed by atoms with van der Waals surface area (Å²) < 4.78 is 16.5. The predicted octanol–water partition coefficient (Wildman–Crippen LogP) is 9.13. The van der Waals surface area contributed by atoms with Crippen LogP contribution >= 0.6 is 0 Å². The number of methoxy groups -OCH3 is 3. The van der Waals surface area contributed by atoms with Crippen molar-refractivity contribution in [2.75, 3.05) is 34.4 Å². The van der Waals surface area contributed by atoms with Crippen molar-refractivity contribution >= 4 is 11.7 Å². The van der Waals surface area contributed by atoms with Gasteiger partial charge in [0.1, 0.15) is 5.75 Å². The number of carbonyl (C=O) groups is 2. The molecule has 8 heteroatoms. The summed E-state index contributed by atoms with van der Waals surface area (Å²) in [7, 11) is 4.83. The lowest BCUT2D eigenvalue weighted by atomic mass is 9.45. The number of ether oxygens (including phenoxy) is 3. The summed E-state index contributed by atoms with van der Waals surface area (Å²) >= 11 is 0. The molecule has 312 valence electrons.